The standard InChI is InChI=1S/C29H35N5O2S2/c1-5-7-12-33-26(32-15-13-31(6-2)14-16-32)23(21(4)24(18-30)27(33)35)17-25-28(36)34(29(37)38-25)19-22-10-8-20(3)9-11-22/h8-11,17H,5-7,12-16,19H2,1-4H3. The molecule has 4 rings (SSSR count). The van der Waals surface area contributed by atoms with Crippen molar-refractivity contribution in [1.82, 2.24) is 14.4 Å². The Morgan fingerprint density at radius 2 is 1.76 bits per heavy atom. The summed E-state index contributed by atoms with van der Waals surface area (Å²) in [5.41, 5.74) is 3.43. The minimum Gasteiger partial charge on any atom is -0.355 e. The Balaban J connectivity index is 1.79. The summed E-state index contributed by atoms with van der Waals surface area (Å²) < 4.78 is 2.27. The summed E-state index contributed by atoms with van der Waals surface area (Å²) in [6.45, 7) is 13.4. The molecule has 0 aliphatic carbocycles. The first kappa shape index (κ1) is 28.1. The molecule has 2 saturated heterocycles. The maximum absolute atomic E-state index is 13.5. The second kappa shape index (κ2) is 12.3. The minimum atomic E-state index is -0.254. The predicted octanol–water partition coefficient (Wildman–Crippen LogP) is 4.68. The van der Waals surface area contributed by atoms with Crippen LogP contribution in [-0.2, 0) is 17.9 Å². The van der Waals surface area contributed by atoms with Gasteiger partial charge in [-0.1, -0.05) is 74.1 Å². The van der Waals surface area contributed by atoms with Gasteiger partial charge in [-0.25, -0.2) is 0 Å². The fourth-order valence-electron chi connectivity index (χ4n) is 4.93. The van der Waals surface area contributed by atoms with Crippen LogP contribution in [-0.4, -0.2) is 57.3 Å². The van der Waals surface area contributed by atoms with Crippen molar-refractivity contribution >= 4 is 46.1 Å². The van der Waals surface area contributed by atoms with Crippen molar-refractivity contribution in [2.45, 2.75) is 53.6 Å². The number of benzene rings is 1. The van der Waals surface area contributed by atoms with Gasteiger partial charge >= 0.3 is 0 Å². The Bertz CT molecular complexity index is 1350. The van der Waals surface area contributed by atoms with E-state index in [0.717, 1.165) is 68.1 Å². The lowest BCUT2D eigenvalue weighted by Gasteiger charge is -2.37. The van der Waals surface area contributed by atoms with Crippen molar-refractivity contribution < 1.29 is 4.79 Å². The molecule has 3 heterocycles. The van der Waals surface area contributed by atoms with Gasteiger partial charge in [0.05, 0.1) is 11.4 Å². The SMILES string of the molecule is CCCCn1c(N2CCN(CC)CC2)c(C=C2SC(=S)N(Cc3ccc(C)cc3)C2=O)c(C)c(C#N)c1=O. The van der Waals surface area contributed by atoms with Crippen molar-refractivity contribution in [2.75, 3.05) is 37.6 Å². The largest absolute Gasteiger partial charge is 0.355 e. The van der Waals surface area contributed by atoms with E-state index < -0.39 is 0 Å². The van der Waals surface area contributed by atoms with Crippen LogP contribution in [0.25, 0.3) is 6.08 Å². The van der Waals surface area contributed by atoms with E-state index in [1.54, 1.807) is 9.47 Å². The molecule has 0 spiro atoms. The Labute approximate surface area is 234 Å². The van der Waals surface area contributed by atoms with Crippen molar-refractivity contribution in [2.24, 2.45) is 0 Å². The van der Waals surface area contributed by atoms with E-state index in [0.29, 0.717) is 27.9 Å². The van der Waals surface area contributed by atoms with Crippen molar-refractivity contribution in [1.29, 1.82) is 5.26 Å². The number of aromatic nitrogens is 1. The average molecular weight is 550 g/mol. The molecule has 0 atom stereocenters. The zero-order chi connectivity index (χ0) is 27.4. The molecule has 2 aliphatic rings. The number of aryl methyl sites for hydroxylation is 1. The first-order chi connectivity index (χ1) is 18.3. The third-order valence-corrected chi connectivity index (χ3v) is 8.69. The Kier molecular flexibility index (Phi) is 9.08. The molecule has 2 aliphatic heterocycles. The Morgan fingerprint density at radius 1 is 1.08 bits per heavy atom. The summed E-state index contributed by atoms with van der Waals surface area (Å²) in [6.07, 6.45) is 3.61. The normalized spacial score (nSPS) is 17.5. The van der Waals surface area contributed by atoms with Gasteiger partial charge in [-0.2, -0.15) is 5.26 Å². The van der Waals surface area contributed by atoms with Crippen LogP contribution in [0.4, 0.5) is 5.82 Å². The molecule has 0 radical (unpaired) electrons. The number of hydrogen-bond donors (Lipinski definition) is 0. The molecule has 200 valence electrons. The number of carbonyl (C=O) groups excluding carboxylic acids is 1. The van der Waals surface area contributed by atoms with E-state index >= 15 is 0 Å². The average Bonchev–Trinajstić information content (AvgIpc) is 3.18. The van der Waals surface area contributed by atoms with Crippen molar-refractivity contribution in [3.8, 4) is 6.07 Å². The third kappa shape index (κ3) is 5.73. The van der Waals surface area contributed by atoms with Gasteiger partial charge in [0.15, 0.2) is 0 Å². The van der Waals surface area contributed by atoms with E-state index in [1.165, 1.54) is 11.8 Å². The monoisotopic (exact) mass is 549 g/mol. The van der Waals surface area contributed by atoms with E-state index in [4.69, 9.17) is 12.2 Å². The minimum absolute atomic E-state index is 0.137. The predicted molar refractivity (Wildman–Crippen MR) is 159 cm³/mol. The molecule has 1 amide bonds. The first-order valence-corrected chi connectivity index (χ1v) is 14.5. The number of anilines is 1. The van der Waals surface area contributed by atoms with Gasteiger partial charge in [0.25, 0.3) is 11.5 Å². The zero-order valence-electron chi connectivity index (χ0n) is 22.6. The number of unbranched alkanes of at least 4 members (excludes halogenated alkanes) is 1. The molecule has 7 nitrogen and oxygen atoms in total. The molecule has 1 aromatic heterocycles. The van der Waals surface area contributed by atoms with Crippen molar-refractivity contribution in [3.63, 3.8) is 0 Å². The molecule has 0 saturated carbocycles. The number of likely N-dealkylation sites (N-methyl/N-ethyl adjacent to an activating group) is 1. The van der Waals surface area contributed by atoms with Crippen molar-refractivity contribution in [3.05, 3.63) is 67.3 Å². The topological polar surface area (TPSA) is 72.6 Å². The number of thiocarbonyl (C=S) groups is 1. The van der Waals surface area contributed by atoms with Crippen LogP contribution in [0.3, 0.4) is 0 Å². The van der Waals surface area contributed by atoms with Gasteiger partial charge < -0.3 is 9.80 Å². The van der Waals surface area contributed by atoms with Crippen LogP contribution in [0, 0.1) is 25.2 Å². The molecule has 1 aromatic carbocycles. The highest BCUT2D eigenvalue weighted by Crippen LogP contribution is 2.37. The van der Waals surface area contributed by atoms with Crippen LogP contribution in [0.5, 0.6) is 0 Å². The van der Waals surface area contributed by atoms with Gasteiger partial charge in [-0.3, -0.25) is 19.1 Å². The highest BCUT2D eigenvalue weighted by molar-refractivity contribution is 8.26. The summed E-state index contributed by atoms with van der Waals surface area (Å²) in [7, 11) is 0. The van der Waals surface area contributed by atoms with E-state index in [1.807, 2.05) is 44.2 Å². The van der Waals surface area contributed by atoms with Crippen LogP contribution < -0.4 is 10.5 Å². The maximum atomic E-state index is 13.5. The smallest absolute Gasteiger partial charge is 0.270 e. The van der Waals surface area contributed by atoms with Gasteiger partial charge in [-0.15, -0.1) is 0 Å². The number of piperazine rings is 1. The molecule has 0 bridgehead atoms. The summed E-state index contributed by atoms with van der Waals surface area (Å²) in [6, 6.07) is 10.2. The van der Waals surface area contributed by atoms with Crippen LogP contribution in [0.15, 0.2) is 34.0 Å². The summed E-state index contributed by atoms with van der Waals surface area (Å²) >= 11 is 6.89. The Hall–Kier alpha value is -2.93. The fourth-order valence-corrected chi connectivity index (χ4v) is 6.16. The number of nitriles is 1. The van der Waals surface area contributed by atoms with Crippen LogP contribution >= 0.6 is 24.0 Å². The molecule has 38 heavy (non-hydrogen) atoms. The molecule has 2 aromatic rings. The van der Waals surface area contributed by atoms with Crippen LogP contribution in [0.2, 0.25) is 0 Å². The van der Waals surface area contributed by atoms with Gasteiger partial charge in [0.1, 0.15) is 21.8 Å². The summed E-state index contributed by atoms with van der Waals surface area (Å²) in [5.74, 6) is 0.658. The number of rotatable bonds is 8. The molecule has 0 unspecified atom stereocenters. The Morgan fingerprint density at radius 3 is 2.37 bits per heavy atom. The second-order valence-corrected chi connectivity index (χ2v) is 11.5. The zero-order valence-corrected chi connectivity index (χ0v) is 24.3. The van der Waals surface area contributed by atoms with E-state index in [2.05, 4.69) is 29.7 Å². The fraction of sp³-hybridized carbons (Fsp3) is 0.448. The third-order valence-electron chi connectivity index (χ3n) is 7.31. The quantitative estimate of drug-likeness (QED) is 0.350. The lowest BCUT2D eigenvalue weighted by molar-refractivity contribution is -0.122. The maximum Gasteiger partial charge on any atom is 0.270 e. The lowest BCUT2D eigenvalue weighted by atomic mass is 10.0. The molecular formula is C29H35N5O2S2. The van der Waals surface area contributed by atoms with Crippen LogP contribution in [0.1, 0.15) is 54.5 Å². The summed E-state index contributed by atoms with van der Waals surface area (Å²) in [4.78, 5) is 33.8. The summed E-state index contributed by atoms with van der Waals surface area (Å²) in [5, 5.41) is 9.92. The highest BCUT2D eigenvalue weighted by Gasteiger charge is 2.33. The van der Waals surface area contributed by atoms with Gasteiger partial charge in [-0.05, 0) is 44.0 Å². The molecule has 9 heteroatoms. The number of nitrogens with zero attached hydrogens (tertiary/aromatic N) is 5. The molecule has 2 fully saturated rings. The number of hydrogen-bond acceptors (Lipinski definition) is 7. The number of amides is 1. The highest BCUT2D eigenvalue weighted by atomic mass is 32.2. The number of carbonyl (C=O) groups is 1. The van der Waals surface area contributed by atoms with E-state index in [-0.39, 0.29) is 17.0 Å². The number of thioether (sulfide) groups is 1. The molecular weight excluding hydrogens is 514 g/mol. The second-order valence-electron chi connectivity index (χ2n) is 9.83. The molecule has 0 N–H and O–H groups in total. The first-order valence-electron chi connectivity index (χ1n) is 13.2. The van der Waals surface area contributed by atoms with Gasteiger partial charge in [0, 0.05) is 38.3 Å². The number of pyridine rings is 1. The lowest BCUT2D eigenvalue weighted by Crippen LogP contribution is -2.48. The van der Waals surface area contributed by atoms with E-state index in [9.17, 15) is 14.9 Å². The van der Waals surface area contributed by atoms with Gasteiger partial charge in [0.2, 0.25) is 0 Å².